The van der Waals surface area contributed by atoms with E-state index in [1.54, 1.807) is 0 Å². The number of hydrogen-bond donors (Lipinski definition) is 0. The fourth-order valence-corrected chi connectivity index (χ4v) is 2.88. The zero-order valence-electron chi connectivity index (χ0n) is 13.1. The van der Waals surface area contributed by atoms with E-state index in [1.165, 1.54) is 0 Å². The van der Waals surface area contributed by atoms with Crippen LogP contribution in [0.5, 0.6) is 0 Å². The second-order valence-corrected chi connectivity index (χ2v) is 7.85. The highest BCUT2D eigenvalue weighted by Gasteiger charge is 2.24. The number of oxazole rings is 1. The van der Waals surface area contributed by atoms with Crippen molar-refractivity contribution in [3.63, 3.8) is 0 Å². The van der Waals surface area contributed by atoms with Gasteiger partial charge in [0.1, 0.15) is 5.69 Å². The molecule has 5 nitrogen and oxygen atoms in total. The standard InChI is InChI=1S/C17H15ClN2O3S/c1-20(2)14-10-8-13(9-11-14)16-15(12-6-4-3-5-7-12)19-17(23-16)24(18,21)22/h3-11H,1-2H3. The minimum Gasteiger partial charge on any atom is -0.426 e. The first-order valence-corrected chi connectivity index (χ1v) is 9.46. The van der Waals surface area contributed by atoms with Gasteiger partial charge in [-0.25, -0.2) is 8.42 Å². The van der Waals surface area contributed by atoms with Crippen LogP contribution in [0.1, 0.15) is 0 Å². The van der Waals surface area contributed by atoms with Gasteiger partial charge in [0.05, 0.1) is 0 Å². The van der Waals surface area contributed by atoms with Crippen LogP contribution in [0.15, 0.2) is 64.2 Å². The summed E-state index contributed by atoms with van der Waals surface area (Å²) in [6.07, 6.45) is 0. The highest BCUT2D eigenvalue weighted by atomic mass is 35.7. The molecule has 0 aliphatic rings. The maximum absolute atomic E-state index is 11.6. The molecule has 0 spiro atoms. The molecule has 2 aromatic carbocycles. The summed E-state index contributed by atoms with van der Waals surface area (Å²) >= 11 is 0. The van der Waals surface area contributed by atoms with Crippen molar-refractivity contribution in [3.8, 4) is 22.6 Å². The first-order chi connectivity index (χ1) is 11.4. The molecule has 0 N–H and O–H groups in total. The highest BCUT2D eigenvalue weighted by Crippen LogP contribution is 2.35. The monoisotopic (exact) mass is 362 g/mol. The lowest BCUT2D eigenvalue weighted by atomic mass is 10.1. The van der Waals surface area contributed by atoms with Gasteiger partial charge in [-0.15, -0.1) is 0 Å². The average Bonchev–Trinajstić information content (AvgIpc) is 3.01. The SMILES string of the molecule is CN(C)c1ccc(-c2oc(S(=O)(=O)Cl)nc2-c2ccccc2)cc1. The Bertz CT molecular complexity index is 949. The Morgan fingerprint density at radius 2 is 1.58 bits per heavy atom. The van der Waals surface area contributed by atoms with E-state index < -0.39 is 14.3 Å². The summed E-state index contributed by atoms with van der Waals surface area (Å²) in [4.78, 5) is 6.06. The molecule has 3 rings (SSSR count). The predicted octanol–water partition coefficient (Wildman–Crippen LogP) is 4.00. The third kappa shape index (κ3) is 3.29. The van der Waals surface area contributed by atoms with Crippen LogP contribution < -0.4 is 4.90 Å². The molecule has 0 unspecified atom stereocenters. The Kier molecular flexibility index (Phi) is 4.34. The number of aromatic nitrogens is 1. The first kappa shape index (κ1) is 16.5. The molecule has 1 aromatic heterocycles. The van der Waals surface area contributed by atoms with Gasteiger partial charge in [-0.05, 0) is 24.3 Å². The van der Waals surface area contributed by atoms with Crippen LogP contribution in [0.4, 0.5) is 5.69 Å². The number of benzene rings is 2. The van der Waals surface area contributed by atoms with Crippen LogP contribution in [-0.2, 0) is 9.05 Å². The van der Waals surface area contributed by atoms with Gasteiger partial charge in [0.25, 0.3) is 0 Å². The largest absolute Gasteiger partial charge is 0.426 e. The van der Waals surface area contributed by atoms with E-state index in [-0.39, 0.29) is 0 Å². The summed E-state index contributed by atoms with van der Waals surface area (Å²) in [5, 5.41) is -0.505. The molecule has 124 valence electrons. The lowest BCUT2D eigenvalue weighted by molar-refractivity contribution is 0.445. The number of hydrogen-bond acceptors (Lipinski definition) is 5. The molecule has 0 atom stereocenters. The van der Waals surface area contributed by atoms with E-state index in [2.05, 4.69) is 4.98 Å². The second kappa shape index (κ2) is 6.30. The molecular weight excluding hydrogens is 348 g/mol. The van der Waals surface area contributed by atoms with Crippen LogP contribution in [0.2, 0.25) is 0 Å². The van der Waals surface area contributed by atoms with Crippen molar-refractivity contribution >= 4 is 25.4 Å². The van der Waals surface area contributed by atoms with Crippen LogP contribution in [0.25, 0.3) is 22.6 Å². The summed E-state index contributed by atoms with van der Waals surface area (Å²) in [7, 11) is 5.22. The van der Waals surface area contributed by atoms with Crippen LogP contribution in [0, 0.1) is 0 Å². The number of halogens is 1. The second-order valence-electron chi connectivity index (χ2n) is 5.40. The quantitative estimate of drug-likeness (QED) is 0.656. The predicted molar refractivity (Wildman–Crippen MR) is 94.7 cm³/mol. The van der Waals surface area contributed by atoms with E-state index in [0.717, 1.165) is 16.8 Å². The molecule has 0 aliphatic heterocycles. The molecule has 1 heterocycles. The van der Waals surface area contributed by atoms with Gasteiger partial charge in [0.15, 0.2) is 5.76 Å². The Morgan fingerprint density at radius 1 is 0.958 bits per heavy atom. The summed E-state index contributed by atoms with van der Waals surface area (Å²) in [5.74, 6) is 0.366. The van der Waals surface area contributed by atoms with Crippen molar-refractivity contribution in [1.82, 2.24) is 4.98 Å². The molecule has 0 aliphatic carbocycles. The minimum atomic E-state index is -4.06. The molecule has 7 heteroatoms. The Hall–Kier alpha value is -2.31. The smallest absolute Gasteiger partial charge is 0.332 e. The van der Waals surface area contributed by atoms with E-state index >= 15 is 0 Å². The van der Waals surface area contributed by atoms with E-state index in [9.17, 15) is 8.42 Å². The topological polar surface area (TPSA) is 63.4 Å². The molecule has 24 heavy (non-hydrogen) atoms. The van der Waals surface area contributed by atoms with Gasteiger partial charge in [-0.3, -0.25) is 0 Å². The van der Waals surface area contributed by atoms with Gasteiger partial charge in [0, 0.05) is 41.6 Å². The van der Waals surface area contributed by atoms with Crippen molar-refractivity contribution in [2.24, 2.45) is 0 Å². The highest BCUT2D eigenvalue weighted by molar-refractivity contribution is 8.13. The van der Waals surface area contributed by atoms with E-state index in [4.69, 9.17) is 15.1 Å². The van der Waals surface area contributed by atoms with Crippen molar-refractivity contribution < 1.29 is 12.8 Å². The van der Waals surface area contributed by atoms with E-state index in [0.29, 0.717) is 11.5 Å². The van der Waals surface area contributed by atoms with Gasteiger partial charge < -0.3 is 9.32 Å². The Balaban J connectivity index is 2.17. The molecule has 0 amide bonds. The van der Waals surface area contributed by atoms with Crippen LogP contribution in [0.3, 0.4) is 0 Å². The maximum atomic E-state index is 11.6. The van der Waals surface area contributed by atoms with Crippen molar-refractivity contribution in [3.05, 3.63) is 54.6 Å². The number of nitrogens with zero attached hydrogens (tertiary/aromatic N) is 2. The minimum absolute atomic E-state index is 0.366. The molecule has 0 fully saturated rings. The Labute approximate surface area is 144 Å². The average molecular weight is 363 g/mol. The lowest BCUT2D eigenvalue weighted by Gasteiger charge is -2.12. The molecule has 0 saturated carbocycles. The maximum Gasteiger partial charge on any atom is 0.332 e. The van der Waals surface area contributed by atoms with Gasteiger partial charge in [-0.2, -0.15) is 4.98 Å². The third-order valence-corrected chi connectivity index (χ3v) is 4.50. The zero-order chi connectivity index (χ0) is 17.3. The molecular formula is C17H15ClN2O3S. The molecule has 3 aromatic rings. The van der Waals surface area contributed by atoms with Gasteiger partial charge in [-0.1, -0.05) is 30.3 Å². The summed E-state index contributed by atoms with van der Waals surface area (Å²) < 4.78 is 28.7. The number of anilines is 1. The van der Waals surface area contributed by atoms with Gasteiger partial charge >= 0.3 is 14.3 Å². The summed E-state index contributed by atoms with van der Waals surface area (Å²) in [6, 6.07) is 16.8. The first-order valence-electron chi connectivity index (χ1n) is 7.15. The van der Waals surface area contributed by atoms with E-state index in [1.807, 2.05) is 73.6 Å². The van der Waals surface area contributed by atoms with Crippen molar-refractivity contribution in [2.75, 3.05) is 19.0 Å². The van der Waals surface area contributed by atoms with Crippen LogP contribution in [-0.4, -0.2) is 27.5 Å². The van der Waals surface area contributed by atoms with Crippen molar-refractivity contribution in [1.29, 1.82) is 0 Å². The van der Waals surface area contributed by atoms with Crippen LogP contribution >= 0.6 is 10.7 Å². The third-order valence-electron chi connectivity index (χ3n) is 3.51. The van der Waals surface area contributed by atoms with Crippen molar-refractivity contribution in [2.45, 2.75) is 5.22 Å². The molecule has 0 bridgehead atoms. The summed E-state index contributed by atoms with van der Waals surface area (Å²) in [5.41, 5.74) is 2.93. The summed E-state index contributed by atoms with van der Waals surface area (Å²) in [6.45, 7) is 0. The van der Waals surface area contributed by atoms with Gasteiger partial charge in [0.2, 0.25) is 0 Å². The molecule has 0 radical (unpaired) electrons. The zero-order valence-corrected chi connectivity index (χ0v) is 14.7. The number of rotatable bonds is 4. The fourth-order valence-electron chi connectivity index (χ4n) is 2.30. The molecule has 0 saturated heterocycles. The normalized spacial score (nSPS) is 11.5. The lowest BCUT2D eigenvalue weighted by Crippen LogP contribution is -2.07. The Morgan fingerprint density at radius 3 is 2.12 bits per heavy atom. The fraction of sp³-hybridized carbons (Fsp3) is 0.118.